The van der Waals surface area contributed by atoms with Gasteiger partial charge in [0.2, 0.25) is 5.91 Å². The number of hydrogen-bond acceptors (Lipinski definition) is 4. The number of carbonyl (C=O) groups excluding carboxylic acids is 1. The second-order valence-electron chi connectivity index (χ2n) is 6.11. The summed E-state index contributed by atoms with van der Waals surface area (Å²) in [5.41, 5.74) is -0.278. The summed E-state index contributed by atoms with van der Waals surface area (Å²) in [6.07, 6.45) is -1.68. The quantitative estimate of drug-likeness (QED) is 0.700. The van der Waals surface area contributed by atoms with Gasteiger partial charge < -0.3 is 4.90 Å². The van der Waals surface area contributed by atoms with Gasteiger partial charge in [-0.05, 0) is 35.2 Å². The highest BCUT2D eigenvalue weighted by Gasteiger charge is 2.31. The topological polar surface area (TPSA) is 57.7 Å². The number of rotatable bonds is 4. The van der Waals surface area contributed by atoms with Crippen molar-refractivity contribution in [1.82, 2.24) is 9.21 Å². The molecule has 0 N–H and O–H groups in total. The van der Waals surface area contributed by atoms with Crippen molar-refractivity contribution >= 4 is 33.3 Å². The van der Waals surface area contributed by atoms with E-state index in [0.29, 0.717) is 5.56 Å². The number of halogens is 3. The van der Waals surface area contributed by atoms with Crippen LogP contribution >= 0.6 is 11.3 Å². The van der Waals surface area contributed by atoms with Crippen LogP contribution in [-0.4, -0.2) is 49.7 Å². The summed E-state index contributed by atoms with van der Waals surface area (Å²) >= 11 is 1.15. The third-order valence-corrected chi connectivity index (χ3v) is 7.57. The van der Waals surface area contributed by atoms with Crippen LogP contribution in [0.3, 0.4) is 0 Å². The van der Waals surface area contributed by atoms with Gasteiger partial charge in [-0.1, -0.05) is 18.2 Å². The summed E-state index contributed by atoms with van der Waals surface area (Å²) in [5.74, 6) is -0.312. The highest BCUT2D eigenvalue weighted by molar-refractivity contribution is 7.91. The lowest BCUT2D eigenvalue weighted by Crippen LogP contribution is -2.50. The van der Waals surface area contributed by atoms with E-state index in [4.69, 9.17) is 0 Å². The average molecular weight is 430 g/mol. The Morgan fingerprint density at radius 2 is 1.68 bits per heavy atom. The summed E-state index contributed by atoms with van der Waals surface area (Å²) in [7, 11) is -3.54. The molecule has 0 aliphatic carbocycles. The molecule has 1 aliphatic rings. The first kappa shape index (κ1) is 20.6. The van der Waals surface area contributed by atoms with Gasteiger partial charge in [-0.3, -0.25) is 4.79 Å². The van der Waals surface area contributed by atoms with Gasteiger partial charge in [0, 0.05) is 32.3 Å². The van der Waals surface area contributed by atoms with Crippen LogP contribution in [0.25, 0.3) is 6.08 Å². The van der Waals surface area contributed by atoms with E-state index in [9.17, 15) is 26.4 Å². The normalized spacial score (nSPS) is 16.6. The Morgan fingerprint density at radius 1 is 1.04 bits per heavy atom. The molecule has 0 saturated carbocycles. The lowest BCUT2D eigenvalue weighted by molar-refractivity contribution is -0.137. The molecule has 1 saturated heterocycles. The van der Waals surface area contributed by atoms with Crippen LogP contribution < -0.4 is 0 Å². The minimum absolute atomic E-state index is 0.195. The lowest BCUT2D eigenvalue weighted by atomic mass is 10.1. The Morgan fingerprint density at radius 3 is 2.21 bits per heavy atom. The number of hydrogen-bond donors (Lipinski definition) is 0. The number of amides is 1. The van der Waals surface area contributed by atoms with E-state index in [-0.39, 0.29) is 36.3 Å². The molecule has 1 aromatic carbocycles. The average Bonchev–Trinajstić information content (AvgIpc) is 3.21. The Balaban J connectivity index is 1.57. The molecule has 1 aliphatic heterocycles. The van der Waals surface area contributed by atoms with Crippen molar-refractivity contribution in [2.24, 2.45) is 0 Å². The van der Waals surface area contributed by atoms with Gasteiger partial charge in [0.1, 0.15) is 4.21 Å². The number of piperazine rings is 1. The fourth-order valence-corrected chi connectivity index (χ4v) is 5.31. The standard InChI is InChI=1S/C18H17F3N2O3S2/c19-18(20,21)15-6-3-14(4-7-15)5-8-16(24)22-9-11-23(12-10-22)28(25,26)17-2-1-13-27-17/h1-8,13H,9-12H2. The minimum Gasteiger partial charge on any atom is -0.337 e. The highest BCUT2D eigenvalue weighted by atomic mass is 32.2. The van der Waals surface area contributed by atoms with E-state index in [2.05, 4.69) is 0 Å². The molecule has 10 heteroatoms. The maximum absolute atomic E-state index is 12.6. The number of alkyl halides is 3. The highest BCUT2D eigenvalue weighted by Crippen LogP contribution is 2.29. The summed E-state index contributed by atoms with van der Waals surface area (Å²) in [6.45, 7) is 0.891. The number of thiophene rings is 1. The molecule has 1 fully saturated rings. The molecule has 0 bridgehead atoms. The van der Waals surface area contributed by atoms with Crippen molar-refractivity contribution in [1.29, 1.82) is 0 Å². The second-order valence-corrected chi connectivity index (χ2v) is 9.23. The predicted molar refractivity (Wildman–Crippen MR) is 100 cm³/mol. The third kappa shape index (κ3) is 4.62. The van der Waals surface area contributed by atoms with Crippen LogP contribution in [0, 0.1) is 0 Å². The van der Waals surface area contributed by atoms with E-state index in [1.807, 2.05) is 0 Å². The van der Waals surface area contributed by atoms with Crippen molar-refractivity contribution in [3.05, 3.63) is 59.0 Å². The van der Waals surface area contributed by atoms with Gasteiger partial charge in [0.25, 0.3) is 10.0 Å². The van der Waals surface area contributed by atoms with Crippen molar-refractivity contribution < 1.29 is 26.4 Å². The molecule has 0 spiro atoms. The Hall–Kier alpha value is -2.17. The monoisotopic (exact) mass is 430 g/mol. The van der Waals surface area contributed by atoms with E-state index in [1.165, 1.54) is 33.5 Å². The zero-order chi connectivity index (χ0) is 20.4. The van der Waals surface area contributed by atoms with Crippen LogP contribution in [0.2, 0.25) is 0 Å². The van der Waals surface area contributed by atoms with Crippen molar-refractivity contribution in [3.63, 3.8) is 0 Å². The number of nitrogens with zero attached hydrogens (tertiary/aromatic N) is 2. The second kappa shape index (κ2) is 8.06. The summed E-state index contributed by atoms with van der Waals surface area (Å²) in [5, 5.41) is 1.69. The molecule has 1 aromatic heterocycles. The molecular formula is C18H17F3N2O3S2. The Kier molecular flexibility index (Phi) is 5.92. The van der Waals surface area contributed by atoms with Gasteiger partial charge in [-0.2, -0.15) is 17.5 Å². The van der Waals surface area contributed by atoms with Crippen molar-refractivity contribution in [2.75, 3.05) is 26.2 Å². The molecule has 0 unspecified atom stereocenters. The molecule has 2 aromatic rings. The largest absolute Gasteiger partial charge is 0.416 e. The van der Waals surface area contributed by atoms with Crippen molar-refractivity contribution in [2.45, 2.75) is 10.4 Å². The molecule has 1 amide bonds. The van der Waals surface area contributed by atoms with E-state index in [0.717, 1.165) is 23.5 Å². The maximum atomic E-state index is 12.6. The molecular weight excluding hydrogens is 413 g/mol. The first-order valence-corrected chi connectivity index (χ1v) is 10.7. The van der Waals surface area contributed by atoms with Gasteiger partial charge in [-0.25, -0.2) is 8.42 Å². The Bertz CT molecular complexity index is 945. The number of benzene rings is 1. The van der Waals surface area contributed by atoms with Crippen LogP contribution in [-0.2, 0) is 21.0 Å². The lowest BCUT2D eigenvalue weighted by Gasteiger charge is -2.33. The first-order valence-electron chi connectivity index (χ1n) is 8.36. The summed E-state index contributed by atoms with van der Waals surface area (Å²) in [6, 6.07) is 7.71. The fraction of sp³-hybridized carbons (Fsp3) is 0.278. The molecule has 0 radical (unpaired) electrons. The van der Waals surface area contributed by atoms with Crippen LogP contribution in [0.4, 0.5) is 13.2 Å². The molecule has 2 heterocycles. The molecule has 5 nitrogen and oxygen atoms in total. The maximum Gasteiger partial charge on any atom is 0.416 e. The molecule has 3 rings (SSSR count). The van der Waals surface area contributed by atoms with Gasteiger partial charge >= 0.3 is 6.18 Å². The van der Waals surface area contributed by atoms with E-state index in [1.54, 1.807) is 17.5 Å². The van der Waals surface area contributed by atoms with Gasteiger partial charge in [-0.15, -0.1) is 11.3 Å². The Labute approximate surface area is 164 Å². The van der Waals surface area contributed by atoms with Crippen molar-refractivity contribution in [3.8, 4) is 0 Å². The first-order chi connectivity index (χ1) is 13.2. The van der Waals surface area contributed by atoms with E-state index < -0.39 is 21.8 Å². The molecule has 0 atom stereocenters. The van der Waals surface area contributed by atoms with Gasteiger partial charge in [0.15, 0.2) is 0 Å². The van der Waals surface area contributed by atoms with Crippen LogP contribution in [0.5, 0.6) is 0 Å². The van der Waals surface area contributed by atoms with Gasteiger partial charge in [0.05, 0.1) is 5.56 Å². The SMILES string of the molecule is O=C(C=Cc1ccc(C(F)(F)F)cc1)N1CCN(S(=O)(=O)c2cccs2)CC1. The zero-order valence-corrected chi connectivity index (χ0v) is 16.2. The van der Waals surface area contributed by atoms with E-state index >= 15 is 0 Å². The van der Waals surface area contributed by atoms with Crippen LogP contribution in [0.1, 0.15) is 11.1 Å². The number of sulfonamides is 1. The smallest absolute Gasteiger partial charge is 0.337 e. The number of carbonyl (C=O) groups is 1. The molecule has 150 valence electrons. The van der Waals surface area contributed by atoms with Crippen LogP contribution in [0.15, 0.2) is 52.1 Å². The zero-order valence-electron chi connectivity index (χ0n) is 14.6. The minimum atomic E-state index is -4.40. The summed E-state index contributed by atoms with van der Waals surface area (Å²) < 4.78 is 64.2. The molecule has 28 heavy (non-hydrogen) atoms. The third-order valence-electron chi connectivity index (χ3n) is 4.30. The predicted octanol–water partition coefficient (Wildman–Crippen LogP) is 3.31. The summed E-state index contributed by atoms with van der Waals surface area (Å²) in [4.78, 5) is 13.8. The fourth-order valence-electron chi connectivity index (χ4n) is 2.74.